The molecule has 0 bridgehead atoms. The molecule has 0 radical (unpaired) electrons. The standard InChI is InChI=1S/C15H19N3O3S/c1-22(20,21)11-6-4-5-10(9-11)16-15(19)14-12-7-2-3-8-13(12)17-18-14/h2-3,7-8,10-11H,4-6,9H2,1H3,(H,16,19)(H,17,18). The molecule has 1 aliphatic rings. The molecular weight excluding hydrogens is 302 g/mol. The van der Waals surface area contributed by atoms with Crippen LogP contribution in [0.25, 0.3) is 10.9 Å². The number of carbonyl (C=O) groups excluding carboxylic acids is 1. The van der Waals surface area contributed by atoms with E-state index in [1.54, 1.807) is 0 Å². The molecule has 1 aromatic heterocycles. The fourth-order valence-electron chi connectivity index (χ4n) is 3.06. The summed E-state index contributed by atoms with van der Waals surface area (Å²) >= 11 is 0. The Morgan fingerprint density at radius 1 is 1.32 bits per heavy atom. The number of benzene rings is 1. The van der Waals surface area contributed by atoms with Crippen LogP contribution in [0.1, 0.15) is 36.2 Å². The smallest absolute Gasteiger partial charge is 0.272 e. The second-order valence-electron chi connectivity index (χ2n) is 5.91. The van der Waals surface area contributed by atoms with Gasteiger partial charge in [-0.05, 0) is 25.3 Å². The van der Waals surface area contributed by atoms with Crippen molar-refractivity contribution >= 4 is 26.6 Å². The molecule has 1 aromatic carbocycles. The largest absolute Gasteiger partial charge is 0.348 e. The molecule has 3 rings (SSSR count). The van der Waals surface area contributed by atoms with E-state index in [1.165, 1.54) is 6.26 Å². The number of carbonyl (C=O) groups is 1. The minimum atomic E-state index is -3.06. The van der Waals surface area contributed by atoms with E-state index in [0.717, 1.165) is 23.7 Å². The Labute approximate surface area is 129 Å². The molecule has 2 unspecified atom stereocenters. The lowest BCUT2D eigenvalue weighted by Gasteiger charge is -2.28. The van der Waals surface area contributed by atoms with Crippen LogP contribution < -0.4 is 5.32 Å². The number of aromatic amines is 1. The summed E-state index contributed by atoms with van der Waals surface area (Å²) < 4.78 is 23.4. The van der Waals surface area contributed by atoms with Crippen LogP contribution in [0, 0.1) is 0 Å². The fourth-order valence-corrected chi connectivity index (χ4v) is 4.23. The zero-order valence-electron chi connectivity index (χ0n) is 12.4. The lowest BCUT2D eigenvalue weighted by molar-refractivity contribution is 0.0924. The molecular formula is C15H19N3O3S. The van der Waals surface area contributed by atoms with Gasteiger partial charge in [0.25, 0.3) is 5.91 Å². The van der Waals surface area contributed by atoms with Gasteiger partial charge in [-0.3, -0.25) is 9.89 Å². The Balaban J connectivity index is 1.74. The third-order valence-corrected chi connectivity index (χ3v) is 5.89. The van der Waals surface area contributed by atoms with Crippen LogP contribution in [-0.2, 0) is 9.84 Å². The van der Waals surface area contributed by atoms with Crippen LogP contribution in [0.15, 0.2) is 24.3 Å². The molecule has 118 valence electrons. The highest BCUT2D eigenvalue weighted by Gasteiger charge is 2.30. The topological polar surface area (TPSA) is 91.9 Å². The van der Waals surface area contributed by atoms with Crippen LogP contribution in [-0.4, -0.2) is 42.1 Å². The number of nitrogens with zero attached hydrogens (tertiary/aromatic N) is 1. The summed E-state index contributed by atoms with van der Waals surface area (Å²) in [5.41, 5.74) is 1.17. The molecule has 0 saturated heterocycles. The molecule has 6 nitrogen and oxygen atoms in total. The van der Waals surface area contributed by atoms with E-state index in [4.69, 9.17) is 0 Å². The monoisotopic (exact) mass is 321 g/mol. The summed E-state index contributed by atoms with van der Waals surface area (Å²) in [7, 11) is -3.06. The molecule has 2 N–H and O–H groups in total. The quantitative estimate of drug-likeness (QED) is 0.899. The van der Waals surface area contributed by atoms with Crippen molar-refractivity contribution in [3.63, 3.8) is 0 Å². The lowest BCUT2D eigenvalue weighted by atomic mass is 9.95. The predicted octanol–water partition coefficient (Wildman–Crippen LogP) is 1.65. The number of aromatic nitrogens is 2. The minimum absolute atomic E-state index is 0.114. The van der Waals surface area contributed by atoms with Crippen molar-refractivity contribution in [2.24, 2.45) is 0 Å². The van der Waals surface area contributed by atoms with E-state index in [1.807, 2.05) is 24.3 Å². The van der Waals surface area contributed by atoms with Gasteiger partial charge in [0.05, 0.1) is 10.8 Å². The maximum Gasteiger partial charge on any atom is 0.272 e. The average molecular weight is 321 g/mol. The molecule has 1 fully saturated rings. The number of para-hydroxylation sites is 1. The Morgan fingerprint density at radius 3 is 2.86 bits per heavy atom. The Hall–Kier alpha value is -1.89. The van der Waals surface area contributed by atoms with Crippen LogP contribution in [0.4, 0.5) is 0 Å². The van der Waals surface area contributed by atoms with Crippen LogP contribution >= 0.6 is 0 Å². The summed E-state index contributed by atoms with van der Waals surface area (Å²) in [6.07, 6.45) is 4.04. The lowest BCUT2D eigenvalue weighted by Crippen LogP contribution is -2.41. The van der Waals surface area contributed by atoms with Gasteiger partial charge in [-0.1, -0.05) is 24.6 Å². The van der Waals surface area contributed by atoms with Gasteiger partial charge in [0.1, 0.15) is 9.84 Å². The van der Waals surface area contributed by atoms with E-state index >= 15 is 0 Å². The second kappa shape index (κ2) is 5.72. The number of fused-ring (bicyclic) bond motifs is 1. The van der Waals surface area contributed by atoms with E-state index in [2.05, 4.69) is 15.5 Å². The number of sulfone groups is 1. The van der Waals surface area contributed by atoms with Gasteiger partial charge in [-0.25, -0.2) is 8.42 Å². The van der Waals surface area contributed by atoms with Crippen LogP contribution in [0.5, 0.6) is 0 Å². The first kappa shape index (κ1) is 15.0. The summed E-state index contributed by atoms with van der Waals surface area (Å²) in [6.45, 7) is 0. The van der Waals surface area contributed by atoms with Gasteiger partial charge < -0.3 is 5.32 Å². The van der Waals surface area contributed by atoms with Crippen molar-refractivity contribution in [1.82, 2.24) is 15.5 Å². The molecule has 0 spiro atoms. The predicted molar refractivity (Wildman–Crippen MR) is 84.4 cm³/mol. The third kappa shape index (κ3) is 2.99. The van der Waals surface area contributed by atoms with E-state index in [0.29, 0.717) is 18.5 Å². The number of hydrogen-bond donors (Lipinski definition) is 2. The first-order valence-electron chi connectivity index (χ1n) is 7.38. The summed E-state index contributed by atoms with van der Waals surface area (Å²) in [5, 5.41) is 10.3. The van der Waals surface area contributed by atoms with Gasteiger partial charge in [0.2, 0.25) is 0 Å². The minimum Gasteiger partial charge on any atom is -0.348 e. The van der Waals surface area contributed by atoms with E-state index in [-0.39, 0.29) is 17.2 Å². The van der Waals surface area contributed by atoms with Crippen molar-refractivity contribution in [1.29, 1.82) is 0 Å². The molecule has 1 aliphatic carbocycles. The number of hydrogen-bond acceptors (Lipinski definition) is 4. The molecule has 1 heterocycles. The molecule has 0 aliphatic heterocycles. The normalized spacial score (nSPS) is 22.6. The fraction of sp³-hybridized carbons (Fsp3) is 0.467. The number of amides is 1. The van der Waals surface area contributed by atoms with Gasteiger partial charge in [-0.2, -0.15) is 5.10 Å². The van der Waals surface area contributed by atoms with Crippen molar-refractivity contribution < 1.29 is 13.2 Å². The number of nitrogens with one attached hydrogen (secondary N) is 2. The zero-order valence-corrected chi connectivity index (χ0v) is 13.2. The molecule has 22 heavy (non-hydrogen) atoms. The highest BCUT2D eigenvalue weighted by atomic mass is 32.2. The highest BCUT2D eigenvalue weighted by molar-refractivity contribution is 7.91. The highest BCUT2D eigenvalue weighted by Crippen LogP contribution is 2.24. The van der Waals surface area contributed by atoms with Gasteiger partial charge in [-0.15, -0.1) is 0 Å². The second-order valence-corrected chi connectivity index (χ2v) is 8.23. The summed E-state index contributed by atoms with van der Waals surface area (Å²) in [6, 6.07) is 7.32. The van der Waals surface area contributed by atoms with Gasteiger partial charge in [0, 0.05) is 17.7 Å². The Morgan fingerprint density at radius 2 is 2.09 bits per heavy atom. The van der Waals surface area contributed by atoms with Gasteiger partial charge >= 0.3 is 0 Å². The van der Waals surface area contributed by atoms with E-state index < -0.39 is 9.84 Å². The Bertz CT molecular complexity index is 797. The maximum atomic E-state index is 12.4. The summed E-state index contributed by atoms with van der Waals surface area (Å²) in [5.74, 6) is -0.253. The van der Waals surface area contributed by atoms with Crippen molar-refractivity contribution in [2.45, 2.75) is 37.0 Å². The van der Waals surface area contributed by atoms with Gasteiger partial charge in [0.15, 0.2) is 5.69 Å². The molecule has 7 heteroatoms. The number of H-pyrrole nitrogens is 1. The Kier molecular flexibility index (Phi) is 3.90. The molecule has 1 amide bonds. The van der Waals surface area contributed by atoms with Crippen LogP contribution in [0.2, 0.25) is 0 Å². The van der Waals surface area contributed by atoms with Crippen molar-refractivity contribution in [3.8, 4) is 0 Å². The number of rotatable bonds is 3. The summed E-state index contributed by atoms with van der Waals surface area (Å²) in [4.78, 5) is 12.4. The first-order chi connectivity index (χ1) is 10.4. The molecule has 1 saturated carbocycles. The third-order valence-electron chi connectivity index (χ3n) is 4.25. The zero-order chi connectivity index (χ0) is 15.7. The first-order valence-corrected chi connectivity index (χ1v) is 9.33. The average Bonchev–Trinajstić information content (AvgIpc) is 2.90. The maximum absolute atomic E-state index is 12.4. The van der Waals surface area contributed by atoms with Crippen LogP contribution in [0.3, 0.4) is 0 Å². The molecule has 2 aromatic rings. The SMILES string of the molecule is CS(=O)(=O)C1CCCC(NC(=O)c2n[nH]c3ccccc23)C1. The van der Waals surface area contributed by atoms with Crippen molar-refractivity contribution in [3.05, 3.63) is 30.0 Å². The molecule has 2 atom stereocenters. The van der Waals surface area contributed by atoms with Crippen molar-refractivity contribution in [2.75, 3.05) is 6.26 Å². The van der Waals surface area contributed by atoms with E-state index in [9.17, 15) is 13.2 Å².